The normalized spacial score (nSPS) is 14.5. The van der Waals surface area contributed by atoms with E-state index in [9.17, 15) is 9.59 Å². The predicted molar refractivity (Wildman–Crippen MR) is 118 cm³/mol. The molecule has 0 fully saturated rings. The van der Waals surface area contributed by atoms with Crippen LogP contribution >= 0.6 is 0 Å². The molecule has 0 unspecified atom stereocenters. The largest absolute Gasteiger partial charge is 0.495 e. The second-order valence-corrected chi connectivity index (χ2v) is 7.65. The van der Waals surface area contributed by atoms with Crippen molar-refractivity contribution in [2.45, 2.75) is 26.0 Å². The van der Waals surface area contributed by atoms with Crippen LogP contribution in [0.2, 0.25) is 0 Å². The number of carbonyl (C=O) groups excluding carboxylic acids is 2. The maximum Gasteiger partial charge on any atom is 0.339 e. The number of pyridine rings is 1. The molecule has 1 aliphatic rings. The van der Waals surface area contributed by atoms with Gasteiger partial charge in [-0.1, -0.05) is 30.3 Å². The Morgan fingerprint density at radius 3 is 2.68 bits per heavy atom. The molecule has 0 spiro atoms. The Bertz CT molecular complexity index is 1140. The van der Waals surface area contributed by atoms with Crippen molar-refractivity contribution in [1.29, 1.82) is 0 Å². The molecule has 1 amide bonds. The molecule has 7 heteroatoms. The molecular formula is C24H25N3O4. The highest BCUT2D eigenvalue weighted by atomic mass is 16.5. The second kappa shape index (κ2) is 8.73. The van der Waals surface area contributed by atoms with Crippen molar-refractivity contribution in [2.75, 3.05) is 26.0 Å². The summed E-state index contributed by atoms with van der Waals surface area (Å²) in [4.78, 5) is 32.8. The summed E-state index contributed by atoms with van der Waals surface area (Å²) < 4.78 is 10.9. The van der Waals surface area contributed by atoms with E-state index in [1.165, 1.54) is 7.11 Å². The zero-order valence-corrected chi connectivity index (χ0v) is 17.8. The number of anilines is 1. The van der Waals surface area contributed by atoms with Gasteiger partial charge in [0.2, 0.25) is 0 Å². The third kappa shape index (κ3) is 4.22. The van der Waals surface area contributed by atoms with Crippen molar-refractivity contribution < 1.29 is 19.1 Å². The molecule has 1 aromatic heterocycles. The molecule has 3 aromatic rings. The number of rotatable bonds is 5. The lowest BCUT2D eigenvalue weighted by Gasteiger charge is -2.27. The lowest BCUT2D eigenvalue weighted by atomic mass is 9.96. The smallest absolute Gasteiger partial charge is 0.339 e. The van der Waals surface area contributed by atoms with Gasteiger partial charge in [-0.3, -0.25) is 9.78 Å². The zero-order valence-electron chi connectivity index (χ0n) is 17.8. The quantitative estimate of drug-likeness (QED) is 0.639. The number of para-hydroxylation sites is 3. The molecule has 0 bridgehead atoms. The first-order valence-corrected chi connectivity index (χ1v) is 10.2. The Morgan fingerprint density at radius 2 is 1.87 bits per heavy atom. The molecule has 0 radical (unpaired) electrons. The summed E-state index contributed by atoms with van der Waals surface area (Å²) in [6.45, 7) is 3.05. The lowest BCUT2D eigenvalue weighted by Crippen LogP contribution is -2.32. The Kier molecular flexibility index (Phi) is 5.86. The van der Waals surface area contributed by atoms with Gasteiger partial charge >= 0.3 is 5.97 Å². The molecule has 1 aliphatic heterocycles. The van der Waals surface area contributed by atoms with Crippen molar-refractivity contribution in [1.82, 2.24) is 9.88 Å². The summed E-state index contributed by atoms with van der Waals surface area (Å²) in [6.07, 6.45) is -0.220. The standard InChI is InChI=1S/C24H25N3O4/c1-15(23(28)26-20-10-6-7-11-21(20)30-3)31-24(29)22-16-8-4-5-9-18(16)25-19-12-13-27(2)14-17(19)22/h4-11,15H,12-14H2,1-3H3,(H,26,28)/t15-/m0/s1. The van der Waals surface area contributed by atoms with Crippen LogP contribution in [0.25, 0.3) is 10.9 Å². The summed E-state index contributed by atoms with van der Waals surface area (Å²) in [5.74, 6) is -0.415. The van der Waals surface area contributed by atoms with Gasteiger partial charge < -0.3 is 19.7 Å². The van der Waals surface area contributed by atoms with Crippen LogP contribution in [0.4, 0.5) is 5.69 Å². The Morgan fingerprint density at radius 1 is 1.13 bits per heavy atom. The summed E-state index contributed by atoms with van der Waals surface area (Å²) >= 11 is 0. The van der Waals surface area contributed by atoms with E-state index < -0.39 is 18.0 Å². The number of amides is 1. The third-order valence-corrected chi connectivity index (χ3v) is 5.46. The van der Waals surface area contributed by atoms with E-state index in [0.717, 1.165) is 35.1 Å². The number of nitrogens with one attached hydrogen (secondary N) is 1. The number of aromatic nitrogens is 1. The summed E-state index contributed by atoms with van der Waals surface area (Å²) in [5.41, 5.74) is 3.55. The van der Waals surface area contributed by atoms with Crippen LogP contribution in [-0.2, 0) is 22.5 Å². The van der Waals surface area contributed by atoms with Gasteiger partial charge in [-0.2, -0.15) is 0 Å². The summed E-state index contributed by atoms with van der Waals surface area (Å²) in [6, 6.07) is 14.6. The number of esters is 1. The van der Waals surface area contributed by atoms with E-state index >= 15 is 0 Å². The van der Waals surface area contributed by atoms with Crippen LogP contribution in [0.1, 0.15) is 28.5 Å². The van der Waals surface area contributed by atoms with Gasteiger partial charge in [-0.05, 0) is 32.2 Å². The lowest BCUT2D eigenvalue weighted by molar-refractivity contribution is -0.123. The van der Waals surface area contributed by atoms with E-state index in [1.807, 2.05) is 37.4 Å². The van der Waals surface area contributed by atoms with Gasteiger partial charge in [0.05, 0.1) is 23.9 Å². The zero-order chi connectivity index (χ0) is 22.0. The summed E-state index contributed by atoms with van der Waals surface area (Å²) in [7, 11) is 3.54. The molecule has 2 aromatic carbocycles. The van der Waals surface area contributed by atoms with E-state index in [1.54, 1.807) is 25.1 Å². The molecule has 0 saturated heterocycles. The first kappa shape index (κ1) is 20.8. The molecule has 1 N–H and O–H groups in total. The van der Waals surface area contributed by atoms with Crippen LogP contribution in [0.5, 0.6) is 5.75 Å². The summed E-state index contributed by atoms with van der Waals surface area (Å²) in [5, 5.41) is 3.50. The van der Waals surface area contributed by atoms with Gasteiger partial charge in [0.25, 0.3) is 5.91 Å². The van der Waals surface area contributed by atoms with Crippen molar-refractivity contribution in [3.63, 3.8) is 0 Å². The highest BCUT2D eigenvalue weighted by molar-refractivity contribution is 6.06. The number of carbonyl (C=O) groups is 2. The van der Waals surface area contributed by atoms with E-state index in [-0.39, 0.29) is 0 Å². The molecule has 0 aliphatic carbocycles. The van der Waals surface area contributed by atoms with Crippen molar-refractivity contribution >= 4 is 28.5 Å². The van der Waals surface area contributed by atoms with Crippen LogP contribution in [0, 0.1) is 0 Å². The minimum Gasteiger partial charge on any atom is -0.495 e. The first-order valence-electron chi connectivity index (χ1n) is 10.2. The second-order valence-electron chi connectivity index (χ2n) is 7.65. The van der Waals surface area contributed by atoms with Crippen molar-refractivity contribution in [3.8, 4) is 5.75 Å². The molecule has 1 atom stereocenters. The van der Waals surface area contributed by atoms with Crippen LogP contribution in [-0.4, -0.2) is 48.6 Å². The average Bonchev–Trinajstić information content (AvgIpc) is 2.77. The molecule has 31 heavy (non-hydrogen) atoms. The third-order valence-electron chi connectivity index (χ3n) is 5.46. The van der Waals surface area contributed by atoms with Gasteiger partial charge in [0, 0.05) is 36.2 Å². The van der Waals surface area contributed by atoms with Crippen LogP contribution in [0.15, 0.2) is 48.5 Å². The molecule has 160 valence electrons. The number of nitrogens with zero attached hydrogens (tertiary/aromatic N) is 2. The maximum absolute atomic E-state index is 13.3. The fourth-order valence-electron chi connectivity index (χ4n) is 3.81. The van der Waals surface area contributed by atoms with Gasteiger partial charge in [0.15, 0.2) is 6.10 Å². The fraction of sp³-hybridized carbons (Fsp3) is 0.292. The number of hydrogen-bond acceptors (Lipinski definition) is 6. The van der Waals surface area contributed by atoms with E-state index in [2.05, 4.69) is 10.2 Å². The Labute approximate surface area is 181 Å². The molecule has 4 rings (SSSR count). The highest BCUT2D eigenvalue weighted by Gasteiger charge is 2.28. The number of fused-ring (bicyclic) bond motifs is 2. The minimum atomic E-state index is -0.985. The average molecular weight is 419 g/mol. The highest BCUT2D eigenvalue weighted by Crippen LogP contribution is 2.29. The van der Waals surface area contributed by atoms with Crippen molar-refractivity contribution in [3.05, 3.63) is 65.4 Å². The first-order chi connectivity index (χ1) is 15.0. The molecular weight excluding hydrogens is 394 g/mol. The number of ether oxygens (including phenoxy) is 2. The Hall–Kier alpha value is -3.45. The van der Waals surface area contributed by atoms with Gasteiger partial charge in [-0.15, -0.1) is 0 Å². The predicted octanol–water partition coefficient (Wildman–Crippen LogP) is 3.42. The molecule has 2 heterocycles. The monoisotopic (exact) mass is 419 g/mol. The van der Waals surface area contributed by atoms with Crippen LogP contribution in [0.3, 0.4) is 0 Å². The van der Waals surface area contributed by atoms with E-state index in [0.29, 0.717) is 23.5 Å². The van der Waals surface area contributed by atoms with Gasteiger partial charge in [-0.25, -0.2) is 4.79 Å². The van der Waals surface area contributed by atoms with E-state index in [4.69, 9.17) is 14.5 Å². The van der Waals surface area contributed by atoms with Gasteiger partial charge in [0.1, 0.15) is 5.75 Å². The number of benzene rings is 2. The maximum atomic E-state index is 13.3. The number of hydrogen-bond donors (Lipinski definition) is 1. The number of likely N-dealkylation sites (N-methyl/N-ethyl adjacent to an activating group) is 1. The molecule has 0 saturated carbocycles. The SMILES string of the molecule is COc1ccccc1NC(=O)[C@H](C)OC(=O)c1c2c(nc3ccccc13)CCN(C)C2. The minimum absolute atomic E-state index is 0.429. The topological polar surface area (TPSA) is 80.8 Å². The molecule has 7 nitrogen and oxygen atoms in total. The number of methoxy groups -OCH3 is 1. The fourth-order valence-corrected chi connectivity index (χ4v) is 3.81. The Balaban J connectivity index is 1.61. The van der Waals surface area contributed by atoms with Crippen molar-refractivity contribution in [2.24, 2.45) is 0 Å². The van der Waals surface area contributed by atoms with Crippen LogP contribution < -0.4 is 10.1 Å².